The van der Waals surface area contributed by atoms with Gasteiger partial charge in [0.15, 0.2) is 5.82 Å². The van der Waals surface area contributed by atoms with Crippen LogP contribution in [0.5, 0.6) is 0 Å². The van der Waals surface area contributed by atoms with Crippen LogP contribution in [0.15, 0.2) is 60.8 Å². The summed E-state index contributed by atoms with van der Waals surface area (Å²) in [4.78, 5) is 32.7. The van der Waals surface area contributed by atoms with E-state index >= 15 is 0 Å². The predicted octanol–water partition coefficient (Wildman–Crippen LogP) is 6.53. The molecule has 8 heteroatoms. The molecule has 0 spiro atoms. The standard InChI is InChI=1S/C30H26ClFN4O2/c1-18-5-4-8-26(25-15-19(11-13-34-25)22-6-2-3-7-24(22)35-30(18)38)36-14-12-20(16-27(36)37)28-21(17-33)9-10-23(31)29(28)32/h2-3,6-7,9-11,13,15-16,18,26H,4-5,8,12,14H2,1H3,(H,35,38)/t18-,26+/m1/s1. The molecule has 5 rings (SSSR count). The van der Waals surface area contributed by atoms with E-state index in [1.54, 1.807) is 11.1 Å². The summed E-state index contributed by atoms with van der Waals surface area (Å²) in [5, 5.41) is 12.5. The third kappa shape index (κ3) is 4.92. The van der Waals surface area contributed by atoms with Crippen molar-refractivity contribution in [3.05, 3.63) is 88.5 Å². The third-order valence-electron chi connectivity index (χ3n) is 7.30. The Kier molecular flexibility index (Phi) is 7.26. The SMILES string of the molecule is C[C@@H]1CCC[C@H](N2CCC(c3c(C#N)ccc(Cl)c3F)=CC2=O)c2cc(ccn2)-c2ccccc2NC1=O. The highest BCUT2D eigenvalue weighted by Gasteiger charge is 2.31. The normalized spacial score (nSPS) is 19.8. The number of aromatic nitrogens is 1. The van der Waals surface area contributed by atoms with Crippen molar-refractivity contribution in [1.82, 2.24) is 9.88 Å². The van der Waals surface area contributed by atoms with E-state index in [4.69, 9.17) is 11.6 Å². The van der Waals surface area contributed by atoms with Crippen molar-refractivity contribution in [3.63, 3.8) is 0 Å². The van der Waals surface area contributed by atoms with Crippen molar-refractivity contribution < 1.29 is 14.0 Å². The number of fused-ring (bicyclic) bond motifs is 4. The summed E-state index contributed by atoms with van der Waals surface area (Å²) in [6.07, 6.45) is 5.50. The molecule has 0 radical (unpaired) electrons. The molecule has 192 valence electrons. The zero-order valence-corrected chi connectivity index (χ0v) is 21.6. The van der Waals surface area contributed by atoms with Gasteiger partial charge in [0, 0.05) is 41.5 Å². The largest absolute Gasteiger partial charge is 0.330 e. The van der Waals surface area contributed by atoms with Gasteiger partial charge in [0.05, 0.1) is 28.4 Å². The van der Waals surface area contributed by atoms with Crippen molar-refractivity contribution >= 4 is 34.7 Å². The van der Waals surface area contributed by atoms with Gasteiger partial charge >= 0.3 is 0 Å². The summed E-state index contributed by atoms with van der Waals surface area (Å²) in [6, 6.07) is 16.0. The molecule has 6 nitrogen and oxygen atoms in total. The van der Waals surface area contributed by atoms with E-state index < -0.39 is 5.82 Å². The van der Waals surface area contributed by atoms with E-state index in [0.29, 0.717) is 37.8 Å². The van der Waals surface area contributed by atoms with Crippen LogP contribution in [0.25, 0.3) is 16.7 Å². The molecule has 3 aromatic rings. The van der Waals surface area contributed by atoms with Crippen LogP contribution in [0.2, 0.25) is 5.02 Å². The zero-order chi connectivity index (χ0) is 26.8. The Bertz CT molecular complexity index is 1500. The lowest BCUT2D eigenvalue weighted by atomic mass is 9.91. The Balaban J connectivity index is 1.53. The van der Waals surface area contributed by atoms with Gasteiger partial charge in [-0.1, -0.05) is 43.1 Å². The van der Waals surface area contributed by atoms with Gasteiger partial charge in [-0.2, -0.15) is 5.26 Å². The average molecular weight is 529 g/mol. The van der Waals surface area contributed by atoms with E-state index in [0.717, 1.165) is 22.5 Å². The lowest BCUT2D eigenvalue weighted by Gasteiger charge is -2.34. The molecular formula is C30H26ClFN4O2. The second kappa shape index (κ2) is 10.8. The quantitative estimate of drug-likeness (QED) is 0.410. The molecule has 1 aromatic heterocycles. The number of benzene rings is 2. The number of amides is 2. The number of nitrogens with zero attached hydrogens (tertiary/aromatic N) is 3. The molecule has 0 fully saturated rings. The fourth-order valence-corrected chi connectivity index (χ4v) is 5.39. The molecule has 3 heterocycles. The first-order valence-electron chi connectivity index (χ1n) is 12.6. The van der Waals surface area contributed by atoms with Crippen LogP contribution in [0, 0.1) is 23.1 Å². The third-order valence-corrected chi connectivity index (χ3v) is 7.59. The minimum absolute atomic E-state index is 0.0395. The molecule has 2 bridgehead atoms. The maximum absolute atomic E-state index is 14.9. The van der Waals surface area contributed by atoms with Crippen molar-refractivity contribution in [3.8, 4) is 17.2 Å². The summed E-state index contributed by atoms with van der Waals surface area (Å²) in [5.41, 5.74) is 3.95. The number of anilines is 1. The number of halogens is 2. The maximum Gasteiger partial charge on any atom is 0.247 e. The first-order valence-corrected chi connectivity index (χ1v) is 13.0. The molecule has 38 heavy (non-hydrogen) atoms. The highest BCUT2D eigenvalue weighted by Crippen LogP contribution is 2.37. The Labute approximate surface area is 225 Å². The average Bonchev–Trinajstić information content (AvgIpc) is 2.92. The smallest absolute Gasteiger partial charge is 0.247 e. The number of carbonyl (C=O) groups excluding carboxylic acids is 2. The van der Waals surface area contributed by atoms with Crippen LogP contribution in [0.1, 0.15) is 55.5 Å². The van der Waals surface area contributed by atoms with Gasteiger partial charge < -0.3 is 10.2 Å². The Morgan fingerprint density at radius 3 is 2.76 bits per heavy atom. The number of hydrogen-bond donors (Lipinski definition) is 1. The molecule has 0 saturated heterocycles. The fraction of sp³-hybridized carbons (Fsp3) is 0.267. The van der Waals surface area contributed by atoms with E-state index in [-0.39, 0.29) is 39.9 Å². The maximum atomic E-state index is 14.9. The fourth-order valence-electron chi connectivity index (χ4n) is 5.23. The molecule has 2 aromatic carbocycles. The van der Waals surface area contributed by atoms with E-state index in [9.17, 15) is 19.2 Å². The van der Waals surface area contributed by atoms with Gasteiger partial charge in [0.2, 0.25) is 11.8 Å². The van der Waals surface area contributed by atoms with Crippen LogP contribution in [-0.2, 0) is 9.59 Å². The van der Waals surface area contributed by atoms with Crippen LogP contribution < -0.4 is 5.32 Å². The van der Waals surface area contributed by atoms with Crippen LogP contribution >= 0.6 is 11.6 Å². The predicted molar refractivity (Wildman–Crippen MR) is 144 cm³/mol. The van der Waals surface area contributed by atoms with Crippen molar-refractivity contribution in [2.24, 2.45) is 5.92 Å². The minimum Gasteiger partial charge on any atom is -0.330 e. The molecular weight excluding hydrogens is 503 g/mol. The van der Waals surface area contributed by atoms with Gasteiger partial charge in [-0.15, -0.1) is 0 Å². The lowest BCUT2D eigenvalue weighted by molar-refractivity contribution is -0.129. The molecule has 2 aliphatic rings. The van der Waals surface area contributed by atoms with Crippen molar-refractivity contribution in [1.29, 1.82) is 5.26 Å². The van der Waals surface area contributed by atoms with E-state index in [1.807, 2.05) is 49.4 Å². The molecule has 0 unspecified atom stereocenters. The molecule has 2 atom stereocenters. The Hall–Kier alpha value is -4.02. The summed E-state index contributed by atoms with van der Waals surface area (Å²) >= 11 is 5.99. The second-order valence-corrected chi connectivity index (χ2v) is 10.1. The number of carbonyl (C=O) groups is 2. The molecule has 0 saturated carbocycles. The summed E-state index contributed by atoms with van der Waals surface area (Å²) in [7, 11) is 0. The minimum atomic E-state index is -0.690. The van der Waals surface area contributed by atoms with E-state index in [2.05, 4.69) is 10.3 Å². The topological polar surface area (TPSA) is 86.1 Å². The van der Waals surface area contributed by atoms with Gasteiger partial charge in [0.1, 0.15) is 0 Å². The highest BCUT2D eigenvalue weighted by molar-refractivity contribution is 6.31. The van der Waals surface area contributed by atoms with Crippen LogP contribution in [-0.4, -0.2) is 28.2 Å². The van der Waals surface area contributed by atoms with Gasteiger partial charge in [-0.05, 0) is 60.7 Å². The number of pyridine rings is 1. The van der Waals surface area contributed by atoms with Crippen LogP contribution in [0.4, 0.5) is 10.1 Å². The summed E-state index contributed by atoms with van der Waals surface area (Å²) in [6.45, 7) is 2.24. The molecule has 2 amide bonds. The molecule has 2 aliphatic heterocycles. The Morgan fingerprint density at radius 2 is 1.97 bits per heavy atom. The number of hydrogen-bond acceptors (Lipinski definition) is 4. The highest BCUT2D eigenvalue weighted by atomic mass is 35.5. The summed E-state index contributed by atoms with van der Waals surface area (Å²) < 4.78 is 14.9. The van der Waals surface area contributed by atoms with Crippen molar-refractivity contribution in [2.75, 3.05) is 11.9 Å². The first kappa shape index (κ1) is 25.6. The molecule has 1 N–H and O–H groups in total. The number of rotatable bonds is 2. The van der Waals surface area contributed by atoms with Gasteiger partial charge in [-0.3, -0.25) is 14.6 Å². The summed E-state index contributed by atoms with van der Waals surface area (Å²) in [5.74, 6) is -1.20. The van der Waals surface area contributed by atoms with Gasteiger partial charge in [-0.25, -0.2) is 4.39 Å². The Morgan fingerprint density at radius 1 is 1.16 bits per heavy atom. The second-order valence-electron chi connectivity index (χ2n) is 9.70. The first-order chi connectivity index (χ1) is 18.4. The number of para-hydroxylation sites is 1. The number of nitriles is 1. The monoisotopic (exact) mass is 528 g/mol. The van der Waals surface area contributed by atoms with Gasteiger partial charge in [0.25, 0.3) is 0 Å². The van der Waals surface area contributed by atoms with Crippen molar-refractivity contribution in [2.45, 2.75) is 38.6 Å². The number of nitrogens with one attached hydrogen (secondary N) is 1. The van der Waals surface area contributed by atoms with Crippen LogP contribution in [0.3, 0.4) is 0 Å². The van der Waals surface area contributed by atoms with E-state index in [1.165, 1.54) is 18.2 Å². The lowest BCUT2D eigenvalue weighted by Crippen LogP contribution is -2.38. The molecule has 0 aliphatic carbocycles. The zero-order valence-electron chi connectivity index (χ0n) is 20.9.